The molecule has 1 N–H and O–H groups in total. The van der Waals surface area contributed by atoms with Gasteiger partial charge in [-0.2, -0.15) is 4.31 Å². The molecule has 0 atom stereocenters. The fourth-order valence-electron chi connectivity index (χ4n) is 1.65. The normalized spacial score (nSPS) is 12.1. The van der Waals surface area contributed by atoms with Crippen LogP contribution in [0.4, 0.5) is 13.2 Å². The van der Waals surface area contributed by atoms with Gasteiger partial charge in [0.1, 0.15) is 11.4 Å². The second-order valence-electron chi connectivity index (χ2n) is 4.76. The Morgan fingerprint density at radius 3 is 2.29 bits per heavy atom. The molecular weight excluding hydrogens is 311 g/mol. The Hall–Kier alpha value is -1.61. The molecule has 0 saturated carbocycles. The molecule has 0 aromatic heterocycles. The molecule has 1 aromatic rings. The molecule has 0 heterocycles. The second kappa shape index (κ2) is 6.44. The van der Waals surface area contributed by atoms with E-state index in [1.165, 1.54) is 0 Å². The summed E-state index contributed by atoms with van der Waals surface area (Å²) in [6, 6.07) is 1.04. The average Bonchev–Trinajstić information content (AvgIpc) is 2.33. The van der Waals surface area contributed by atoms with Crippen molar-refractivity contribution in [2.45, 2.75) is 18.7 Å². The first kappa shape index (κ1) is 17.4. The van der Waals surface area contributed by atoms with Gasteiger partial charge in [-0.3, -0.25) is 4.79 Å². The first-order valence-electron chi connectivity index (χ1n) is 5.92. The topological polar surface area (TPSA) is 74.7 Å². The number of halogens is 3. The molecule has 21 heavy (non-hydrogen) atoms. The maximum atomic E-state index is 13.6. The maximum absolute atomic E-state index is 13.6. The molecule has 0 amide bonds. The van der Waals surface area contributed by atoms with Crippen LogP contribution in [-0.4, -0.2) is 36.9 Å². The van der Waals surface area contributed by atoms with Crippen LogP contribution in [0.25, 0.3) is 0 Å². The molecule has 0 fully saturated rings. The summed E-state index contributed by atoms with van der Waals surface area (Å²) in [6.45, 7) is 2.16. The molecule has 5 nitrogen and oxygen atoms in total. The molecule has 0 spiro atoms. The SMILES string of the molecule is CC(C)CN(CC(=O)O)S(=O)(=O)c1ccc(F)c(F)c1F. The fraction of sp³-hybridized carbons (Fsp3) is 0.417. The van der Waals surface area contributed by atoms with Crippen molar-refractivity contribution in [1.29, 1.82) is 0 Å². The number of carbonyl (C=O) groups is 1. The van der Waals surface area contributed by atoms with Crippen molar-refractivity contribution < 1.29 is 31.5 Å². The van der Waals surface area contributed by atoms with Crippen LogP contribution in [0.15, 0.2) is 17.0 Å². The molecular formula is C12H14F3NO4S. The van der Waals surface area contributed by atoms with Crippen molar-refractivity contribution in [3.8, 4) is 0 Å². The van der Waals surface area contributed by atoms with Crippen molar-refractivity contribution in [1.82, 2.24) is 4.31 Å². The summed E-state index contributed by atoms with van der Waals surface area (Å²) in [5.41, 5.74) is 0. The molecule has 9 heteroatoms. The number of hydrogen-bond acceptors (Lipinski definition) is 3. The fourth-order valence-corrected chi connectivity index (χ4v) is 3.26. The Morgan fingerprint density at radius 2 is 1.81 bits per heavy atom. The van der Waals surface area contributed by atoms with Crippen LogP contribution < -0.4 is 0 Å². The quantitative estimate of drug-likeness (QED) is 0.810. The number of benzene rings is 1. The van der Waals surface area contributed by atoms with E-state index in [0.717, 1.165) is 0 Å². The van der Waals surface area contributed by atoms with E-state index in [2.05, 4.69) is 0 Å². The third-order valence-corrected chi connectivity index (χ3v) is 4.33. The monoisotopic (exact) mass is 325 g/mol. The molecule has 0 aliphatic carbocycles. The zero-order valence-corrected chi connectivity index (χ0v) is 12.1. The Bertz CT molecular complexity index is 646. The summed E-state index contributed by atoms with van der Waals surface area (Å²) < 4.78 is 64.6. The smallest absolute Gasteiger partial charge is 0.318 e. The molecule has 0 aliphatic heterocycles. The standard InChI is InChI=1S/C12H14F3NO4S/c1-7(2)5-16(6-10(17)18)21(19,20)9-4-3-8(13)11(14)12(9)15/h3-4,7H,5-6H2,1-2H3,(H,17,18). The zero-order valence-electron chi connectivity index (χ0n) is 11.3. The van der Waals surface area contributed by atoms with Crippen LogP contribution >= 0.6 is 0 Å². The van der Waals surface area contributed by atoms with Gasteiger partial charge in [0, 0.05) is 6.54 Å². The first-order valence-corrected chi connectivity index (χ1v) is 7.36. The van der Waals surface area contributed by atoms with Crippen molar-refractivity contribution in [2.24, 2.45) is 5.92 Å². The first-order chi connectivity index (χ1) is 9.57. The van der Waals surface area contributed by atoms with E-state index in [9.17, 15) is 26.4 Å². The zero-order chi connectivity index (χ0) is 16.4. The highest BCUT2D eigenvalue weighted by atomic mass is 32.2. The molecule has 0 radical (unpaired) electrons. The lowest BCUT2D eigenvalue weighted by atomic mass is 10.2. The summed E-state index contributed by atoms with van der Waals surface area (Å²) in [6.07, 6.45) is 0. The van der Waals surface area contributed by atoms with Gasteiger partial charge in [-0.15, -0.1) is 0 Å². The summed E-state index contributed by atoms with van der Waals surface area (Å²) >= 11 is 0. The second-order valence-corrected chi connectivity index (χ2v) is 6.66. The molecule has 1 aromatic carbocycles. The Labute approximate surface area is 120 Å². The number of sulfonamides is 1. The lowest BCUT2D eigenvalue weighted by Gasteiger charge is -2.22. The third kappa shape index (κ3) is 3.94. The molecule has 0 unspecified atom stereocenters. The Kier molecular flexibility index (Phi) is 5.35. The highest BCUT2D eigenvalue weighted by Crippen LogP contribution is 2.23. The number of carboxylic acids is 1. The van der Waals surface area contributed by atoms with E-state index >= 15 is 0 Å². The predicted octanol–water partition coefficient (Wildman–Crippen LogP) is 1.84. The van der Waals surface area contributed by atoms with Gasteiger partial charge in [0.05, 0.1) is 0 Å². The lowest BCUT2D eigenvalue weighted by Crippen LogP contribution is -2.38. The van der Waals surface area contributed by atoms with Gasteiger partial charge in [-0.05, 0) is 18.1 Å². The number of nitrogens with zero attached hydrogens (tertiary/aromatic N) is 1. The van der Waals surface area contributed by atoms with Crippen molar-refractivity contribution in [3.63, 3.8) is 0 Å². The van der Waals surface area contributed by atoms with E-state index in [-0.39, 0.29) is 12.5 Å². The van der Waals surface area contributed by atoms with E-state index in [1.807, 2.05) is 0 Å². The van der Waals surface area contributed by atoms with Crippen LogP contribution in [0, 0.1) is 23.4 Å². The van der Waals surface area contributed by atoms with Crippen LogP contribution in [0.1, 0.15) is 13.8 Å². The van der Waals surface area contributed by atoms with Crippen LogP contribution in [-0.2, 0) is 14.8 Å². The molecule has 0 bridgehead atoms. The van der Waals surface area contributed by atoms with Gasteiger partial charge in [0.2, 0.25) is 10.0 Å². The van der Waals surface area contributed by atoms with Crippen LogP contribution in [0.2, 0.25) is 0 Å². The molecule has 0 aliphatic rings. The van der Waals surface area contributed by atoms with Crippen LogP contribution in [0.5, 0.6) is 0 Å². The minimum absolute atomic E-state index is 0.201. The number of aliphatic carboxylic acids is 1. The van der Waals surface area contributed by atoms with E-state index in [1.54, 1.807) is 13.8 Å². The van der Waals surface area contributed by atoms with Crippen molar-refractivity contribution >= 4 is 16.0 Å². The van der Waals surface area contributed by atoms with Crippen molar-refractivity contribution in [3.05, 3.63) is 29.6 Å². The van der Waals surface area contributed by atoms with Crippen molar-refractivity contribution in [2.75, 3.05) is 13.1 Å². The van der Waals surface area contributed by atoms with E-state index in [4.69, 9.17) is 5.11 Å². The van der Waals surface area contributed by atoms with E-state index < -0.39 is 44.9 Å². The van der Waals surface area contributed by atoms with Gasteiger partial charge >= 0.3 is 5.97 Å². The van der Waals surface area contributed by atoms with Gasteiger partial charge < -0.3 is 5.11 Å². The largest absolute Gasteiger partial charge is 0.480 e. The number of hydrogen-bond donors (Lipinski definition) is 1. The summed E-state index contributed by atoms with van der Waals surface area (Å²) in [5, 5.41) is 8.74. The van der Waals surface area contributed by atoms with Gasteiger partial charge in [0.25, 0.3) is 0 Å². The molecule has 1 rings (SSSR count). The third-order valence-electron chi connectivity index (χ3n) is 2.50. The van der Waals surface area contributed by atoms with Gasteiger partial charge in [-0.1, -0.05) is 13.8 Å². The number of rotatable bonds is 6. The summed E-state index contributed by atoms with van der Waals surface area (Å²) in [7, 11) is -4.59. The highest BCUT2D eigenvalue weighted by Gasteiger charge is 2.31. The maximum Gasteiger partial charge on any atom is 0.318 e. The molecule has 0 saturated heterocycles. The Balaban J connectivity index is 3.35. The van der Waals surface area contributed by atoms with Gasteiger partial charge in [-0.25, -0.2) is 21.6 Å². The predicted molar refractivity (Wildman–Crippen MR) is 67.5 cm³/mol. The number of carboxylic acid groups (broad SMARTS) is 1. The summed E-state index contributed by atoms with van der Waals surface area (Å²) in [5.74, 6) is -7.00. The minimum Gasteiger partial charge on any atom is -0.480 e. The van der Waals surface area contributed by atoms with Crippen LogP contribution in [0.3, 0.4) is 0 Å². The average molecular weight is 325 g/mol. The van der Waals surface area contributed by atoms with Gasteiger partial charge in [0.15, 0.2) is 17.5 Å². The lowest BCUT2D eigenvalue weighted by molar-refractivity contribution is -0.137. The summed E-state index contributed by atoms with van der Waals surface area (Å²) in [4.78, 5) is 9.65. The minimum atomic E-state index is -4.59. The Morgan fingerprint density at radius 1 is 1.24 bits per heavy atom. The highest BCUT2D eigenvalue weighted by molar-refractivity contribution is 7.89. The molecule has 118 valence electrons. The van der Waals surface area contributed by atoms with E-state index in [0.29, 0.717) is 16.4 Å².